The van der Waals surface area contributed by atoms with Crippen LogP contribution in [-0.2, 0) is 22.9 Å². The van der Waals surface area contributed by atoms with E-state index in [0.29, 0.717) is 4.90 Å². The molecule has 1 heterocycles. The van der Waals surface area contributed by atoms with Crippen molar-refractivity contribution < 1.29 is 8.42 Å². The minimum Gasteiger partial charge on any atom is -0.241 e. The van der Waals surface area contributed by atoms with E-state index in [0.717, 1.165) is 23.7 Å². The van der Waals surface area contributed by atoms with E-state index >= 15 is 0 Å². The lowest BCUT2D eigenvalue weighted by molar-refractivity contribution is 0.589. The van der Waals surface area contributed by atoms with Crippen LogP contribution in [0, 0.1) is 0 Å². The van der Waals surface area contributed by atoms with Crippen LogP contribution in [0.15, 0.2) is 59.6 Å². The van der Waals surface area contributed by atoms with Crippen molar-refractivity contribution in [1.82, 2.24) is 3.97 Å². The molecule has 22 heavy (non-hydrogen) atoms. The Kier molecular flexibility index (Phi) is 3.08. The minimum atomic E-state index is -3.53. The first-order valence-corrected chi connectivity index (χ1v) is 9.04. The van der Waals surface area contributed by atoms with Gasteiger partial charge in [-0.15, -0.1) is 0 Å². The topological polar surface area (TPSA) is 39.1 Å². The van der Waals surface area contributed by atoms with E-state index in [1.165, 1.54) is 27.9 Å². The Bertz CT molecular complexity index is 940. The number of fused-ring (bicyclic) bond motifs is 3. The lowest BCUT2D eigenvalue weighted by atomic mass is 9.89. The van der Waals surface area contributed by atoms with Gasteiger partial charge in [0.2, 0.25) is 0 Å². The van der Waals surface area contributed by atoms with E-state index in [-0.39, 0.29) is 0 Å². The van der Waals surface area contributed by atoms with Crippen LogP contribution in [0.25, 0.3) is 10.9 Å². The van der Waals surface area contributed by atoms with E-state index in [1.54, 1.807) is 30.5 Å². The number of hydrogen-bond donors (Lipinski definition) is 0. The highest BCUT2D eigenvalue weighted by Gasteiger charge is 2.21. The second kappa shape index (κ2) is 4.99. The van der Waals surface area contributed by atoms with Gasteiger partial charge in [-0.2, -0.15) is 0 Å². The smallest absolute Gasteiger partial charge is 0.241 e. The molecule has 1 aromatic heterocycles. The predicted octanol–water partition coefficient (Wildman–Crippen LogP) is 3.76. The molecule has 4 rings (SSSR count). The maximum absolute atomic E-state index is 12.8. The number of hydrogen-bond acceptors (Lipinski definition) is 2. The van der Waals surface area contributed by atoms with Crippen molar-refractivity contribution in [2.45, 2.75) is 30.6 Å². The molecule has 0 bridgehead atoms. The first kappa shape index (κ1) is 13.6. The highest BCUT2D eigenvalue weighted by Crippen LogP contribution is 2.31. The number of benzene rings is 2. The first-order valence-electron chi connectivity index (χ1n) is 7.60. The van der Waals surface area contributed by atoms with Crippen LogP contribution in [0.2, 0.25) is 0 Å². The van der Waals surface area contributed by atoms with Gasteiger partial charge in [0, 0.05) is 11.6 Å². The van der Waals surface area contributed by atoms with Crippen molar-refractivity contribution in [2.75, 3.05) is 0 Å². The third kappa shape index (κ3) is 1.98. The average Bonchev–Trinajstić information content (AvgIpc) is 3.01. The van der Waals surface area contributed by atoms with Crippen LogP contribution in [-0.4, -0.2) is 12.4 Å². The lowest BCUT2D eigenvalue weighted by Crippen LogP contribution is -2.12. The lowest BCUT2D eigenvalue weighted by Gasteiger charge is -2.17. The molecule has 1 aliphatic carbocycles. The highest BCUT2D eigenvalue weighted by atomic mass is 32.2. The second-order valence-electron chi connectivity index (χ2n) is 5.77. The van der Waals surface area contributed by atoms with E-state index in [2.05, 4.69) is 6.07 Å². The van der Waals surface area contributed by atoms with Crippen molar-refractivity contribution in [3.05, 3.63) is 65.9 Å². The van der Waals surface area contributed by atoms with Crippen molar-refractivity contribution in [3.63, 3.8) is 0 Å². The van der Waals surface area contributed by atoms with Gasteiger partial charge in [0.15, 0.2) is 0 Å². The summed E-state index contributed by atoms with van der Waals surface area (Å²) in [5.41, 5.74) is 3.48. The normalized spacial score (nSPS) is 14.9. The molecule has 1 aliphatic rings. The molecule has 4 heteroatoms. The third-order valence-electron chi connectivity index (χ3n) is 4.47. The fourth-order valence-electron chi connectivity index (χ4n) is 3.36. The van der Waals surface area contributed by atoms with Crippen LogP contribution in [0.5, 0.6) is 0 Å². The zero-order chi connectivity index (χ0) is 15.2. The predicted molar refractivity (Wildman–Crippen MR) is 87.6 cm³/mol. The molecule has 0 fully saturated rings. The molecule has 112 valence electrons. The minimum absolute atomic E-state index is 0.324. The van der Waals surface area contributed by atoms with E-state index < -0.39 is 10.0 Å². The fraction of sp³-hybridized carbons (Fsp3) is 0.222. The SMILES string of the molecule is O=S(=O)(c1ccccc1)n1ccc2c3c(ccc21)CCCC3. The maximum Gasteiger partial charge on any atom is 0.268 e. The Balaban J connectivity index is 1.94. The summed E-state index contributed by atoms with van der Waals surface area (Å²) in [6.45, 7) is 0. The molecular formula is C18H17NO2S. The summed E-state index contributed by atoms with van der Waals surface area (Å²) in [5, 5.41) is 1.08. The molecule has 0 saturated carbocycles. The second-order valence-corrected chi connectivity index (χ2v) is 7.59. The number of rotatable bonds is 2. The molecule has 0 aliphatic heterocycles. The van der Waals surface area contributed by atoms with Crippen molar-refractivity contribution in [1.29, 1.82) is 0 Å². The molecule has 0 N–H and O–H groups in total. The van der Waals surface area contributed by atoms with Crippen LogP contribution in [0.3, 0.4) is 0 Å². The number of aromatic nitrogens is 1. The van der Waals surface area contributed by atoms with Gasteiger partial charge in [0.25, 0.3) is 10.0 Å². The first-order chi connectivity index (χ1) is 10.7. The van der Waals surface area contributed by atoms with Crippen LogP contribution in [0.1, 0.15) is 24.0 Å². The summed E-state index contributed by atoms with van der Waals surface area (Å²) in [5.74, 6) is 0. The van der Waals surface area contributed by atoms with Gasteiger partial charge in [-0.1, -0.05) is 24.3 Å². The molecule has 0 atom stereocenters. The number of nitrogens with zero attached hydrogens (tertiary/aromatic N) is 1. The van der Waals surface area contributed by atoms with Crippen molar-refractivity contribution >= 4 is 20.9 Å². The molecule has 0 saturated heterocycles. The van der Waals surface area contributed by atoms with Gasteiger partial charge in [0.05, 0.1) is 10.4 Å². The quantitative estimate of drug-likeness (QED) is 0.723. The van der Waals surface area contributed by atoms with Crippen molar-refractivity contribution in [2.24, 2.45) is 0 Å². The van der Waals surface area contributed by atoms with E-state index in [9.17, 15) is 8.42 Å². The summed E-state index contributed by atoms with van der Waals surface area (Å²) < 4.78 is 27.1. The van der Waals surface area contributed by atoms with Gasteiger partial charge >= 0.3 is 0 Å². The van der Waals surface area contributed by atoms with Gasteiger partial charge in [0.1, 0.15) is 0 Å². The maximum atomic E-state index is 12.8. The Labute approximate surface area is 130 Å². The molecule has 0 unspecified atom stereocenters. The summed E-state index contributed by atoms with van der Waals surface area (Å²) in [4.78, 5) is 0.324. The molecule has 3 aromatic rings. The Morgan fingerprint density at radius 1 is 0.864 bits per heavy atom. The van der Waals surface area contributed by atoms with Crippen LogP contribution >= 0.6 is 0 Å². The molecule has 3 nitrogen and oxygen atoms in total. The highest BCUT2D eigenvalue weighted by molar-refractivity contribution is 7.90. The standard InChI is InChI=1S/C18H17NO2S/c20-22(21,15-7-2-1-3-8-15)19-13-12-17-16-9-5-4-6-14(16)10-11-18(17)19/h1-3,7-8,10-13H,4-6,9H2. The fourth-order valence-corrected chi connectivity index (χ4v) is 4.73. The Morgan fingerprint density at radius 3 is 2.45 bits per heavy atom. The van der Waals surface area contributed by atoms with Gasteiger partial charge in [-0.3, -0.25) is 0 Å². The average molecular weight is 311 g/mol. The monoisotopic (exact) mass is 311 g/mol. The molecule has 2 aromatic carbocycles. The van der Waals surface area contributed by atoms with Crippen LogP contribution in [0.4, 0.5) is 0 Å². The van der Waals surface area contributed by atoms with Gasteiger partial charge < -0.3 is 0 Å². The summed E-state index contributed by atoms with van der Waals surface area (Å²) in [7, 11) is -3.53. The zero-order valence-corrected chi connectivity index (χ0v) is 13.0. The molecule has 0 spiro atoms. The zero-order valence-electron chi connectivity index (χ0n) is 12.2. The molecular weight excluding hydrogens is 294 g/mol. The molecule has 0 amide bonds. The van der Waals surface area contributed by atoms with E-state index in [4.69, 9.17) is 0 Å². The summed E-state index contributed by atoms with van der Waals surface area (Å²) >= 11 is 0. The van der Waals surface area contributed by atoms with Crippen LogP contribution < -0.4 is 0 Å². The van der Waals surface area contributed by atoms with Gasteiger partial charge in [-0.05, 0) is 61.1 Å². The van der Waals surface area contributed by atoms with Gasteiger partial charge in [-0.25, -0.2) is 12.4 Å². The Hall–Kier alpha value is -2.07. The Morgan fingerprint density at radius 2 is 1.64 bits per heavy atom. The summed E-state index contributed by atoms with van der Waals surface area (Å²) in [6.07, 6.45) is 6.23. The number of aryl methyl sites for hydroxylation is 2. The largest absolute Gasteiger partial charge is 0.268 e. The summed E-state index contributed by atoms with van der Waals surface area (Å²) in [6, 6.07) is 14.6. The van der Waals surface area contributed by atoms with E-state index in [1.807, 2.05) is 18.2 Å². The van der Waals surface area contributed by atoms with Crippen molar-refractivity contribution in [3.8, 4) is 0 Å². The third-order valence-corrected chi connectivity index (χ3v) is 6.17. The molecule has 0 radical (unpaired) electrons.